The number of carboxylic acids is 1. The Morgan fingerprint density at radius 1 is 1.15 bits per heavy atom. The van der Waals surface area contributed by atoms with Crippen molar-refractivity contribution in [3.05, 3.63) is 59.7 Å². The SMILES string of the molecule is O=C([O-])COc1ccc([C@H]2Nc3ccccc3C(=O)N2CC(F)(F)F)cc1. The number of hydrogen-bond donors (Lipinski definition) is 1. The average Bonchev–Trinajstić information content (AvgIpc) is 2.62. The molecule has 3 rings (SSSR count). The number of amides is 1. The first kappa shape index (κ1) is 18.6. The number of hydrogen-bond acceptors (Lipinski definition) is 5. The number of para-hydroxylation sites is 1. The highest BCUT2D eigenvalue weighted by molar-refractivity contribution is 6.01. The number of anilines is 1. The molecule has 0 spiro atoms. The molecule has 6 nitrogen and oxygen atoms in total. The summed E-state index contributed by atoms with van der Waals surface area (Å²) in [5, 5.41) is 13.4. The smallest absolute Gasteiger partial charge is 0.406 e. The van der Waals surface area contributed by atoms with E-state index in [0.29, 0.717) is 16.2 Å². The maximum atomic E-state index is 13.0. The fourth-order valence-corrected chi connectivity index (χ4v) is 2.80. The normalized spacial score (nSPS) is 16.5. The number of carbonyl (C=O) groups is 2. The molecule has 2 aromatic rings. The number of alkyl halides is 3. The predicted molar refractivity (Wildman–Crippen MR) is 86.8 cm³/mol. The van der Waals surface area contributed by atoms with Crippen molar-refractivity contribution in [3.63, 3.8) is 0 Å². The van der Waals surface area contributed by atoms with Crippen molar-refractivity contribution in [2.24, 2.45) is 0 Å². The maximum absolute atomic E-state index is 13.0. The van der Waals surface area contributed by atoms with Gasteiger partial charge in [0, 0.05) is 5.69 Å². The third-order valence-electron chi connectivity index (χ3n) is 3.92. The number of fused-ring (bicyclic) bond motifs is 1. The monoisotopic (exact) mass is 379 g/mol. The molecule has 9 heteroatoms. The van der Waals surface area contributed by atoms with E-state index in [1.54, 1.807) is 18.2 Å². The number of carbonyl (C=O) groups excluding carboxylic acids is 2. The number of ether oxygens (including phenoxy) is 1. The summed E-state index contributed by atoms with van der Waals surface area (Å²) < 4.78 is 44.0. The summed E-state index contributed by atoms with van der Waals surface area (Å²) in [5.41, 5.74) is 0.984. The van der Waals surface area contributed by atoms with Gasteiger partial charge in [0.1, 0.15) is 25.1 Å². The lowest BCUT2D eigenvalue weighted by atomic mass is 10.0. The van der Waals surface area contributed by atoms with E-state index >= 15 is 0 Å². The molecule has 0 bridgehead atoms. The Labute approximate surface area is 152 Å². The van der Waals surface area contributed by atoms with Crippen LogP contribution in [0.2, 0.25) is 0 Å². The van der Waals surface area contributed by atoms with Crippen LogP contribution in [0.25, 0.3) is 0 Å². The van der Waals surface area contributed by atoms with Crippen LogP contribution in [-0.4, -0.2) is 36.1 Å². The number of rotatable bonds is 5. The van der Waals surface area contributed by atoms with Crippen molar-refractivity contribution in [3.8, 4) is 5.75 Å². The molecule has 0 saturated carbocycles. The second-order valence-corrected chi connectivity index (χ2v) is 5.87. The summed E-state index contributed by atoms with van der Waals surface area (Å²) in [6, 6.07) is 12.1. The largest absolute Gasteiger partial charge is 0.546 e. The van der Waals surface area contributed by atoms with E-state index in [2.05, 4.69) is 5.32 Å². The Morgan fingerprint density at radius 3 is 2.44 bits per heavy atom. The molecule has 1 N–H and O–H groups in total. The third-order valence-corrected chi connectivity index (χ3v) is 3.92. The maximum Gasteiger partial charge on any atom is 0.406 e. The first-order valence-electron chi connectivity index (χ1n) is 7.90. The van der Waals surface area contributed by atoms with Crippen LogP contribution in [0.15, 0.2) is 48.5 Å². The van der Waals surface area contributed by atoms with Gasteiger partial charge in [-0.2, -0.15) is 13.2 Å². The number of halogens is 3. The van der Waals surface area contributed by atoms with Gasteiger partial charge in [0.2, 0.25) is 0 Å². The van der Waals surface area contributed by atoms with Crippen molar-refractivity contribution in [2.75, 3.05) is 18.5 Å². The highest BCUT2D eigenvalue weighted by atomic mass is 19.4. The van der Waals surface area contributed by atoms with Gasteiger partial charge in [0.25, 0.3) is 5.91 Å². The lowest BCUT2D eigenvalue weighted by molar-refractivity contribution is -0.307. The van der Waals surface area contributed by atoms with Crippen molar-refractivity contribution >= 4 is 17.6 Å². The number of nitrogens with zero attached hydrogens (tertiary/aromatic N) is 1. The number of nitrogens with one attached hydrogen (secondary N) is 1. The molecule has 0 fully saturated rings. The van der Waals surface area contributed by atoms with E-state index in [1.165, 1.54) is 30.3 Å². The van der Waals surface area contributed by atoms with Gasteiger partial charge in [-0.25, -0.2) is 0 Å². The molecule has 0 saturated heterocycles. The van der Waals surface area contributed by atoms with Gasteiger partial charge in [0.15, 0.2) is 0 Å². The second kappa shape index (κ2) is 7.18. The Balaban J connectivity index is 1.91. The molecule has 1 amide bonds. The fourth-order valence-electron chi connectivity index (χ4n) is 2.80. The van der Waals surface area contributed by atoms with Gasteiger partial charge >= 0.3 is 6.18 Å². The number of carboxylic acid groups (broad SMARTS) is 1. The van der Waals surface area contributed by atoms with Crippen LogP contribution in [0.5, 0.6) is 5.75 Å². The van der Waals surface area contributed by atoms with Crippen LogP contribution in [-0.2, 0) is 4.79 Å². The summed E-state index contributed by atoms with van der Waals surface area (Å²) in [4.78, 5) is 23.7. The third kappa shape index (κ3) is 4.30. The van der Waals surface area contributed by atoms with Crippen molar-refractivity contribution < 1.29 is 32.6 Å². The molecule has 0 unspecified atom stereocenters. The predicted octanol–water partition coefficient (Wildman–Crippen LogP) is 1.94. The molecule has 1 aliphatic heterocycles. The summed E-state index contributed by atoms with van der Waals surface area (Å²) >= 11 is 0. The second-order valence-electron chi connectivity index (χ2n) is 5.87. The molecule has 0 aromatic heterocycles. The highest BCUT2D eigenvalue weighted by Gasteiger charge is 2.40. The minimum atomic E-state index is -4.57. The zero-order valence-corrected chi connectivity index (χ0v) is 13.8. The van der Waals surface area contributed by atoms with Gasteiger partial charge in [-0.05, 0) is 29.8 Å². The molecule has 0 radical (unpaired) electrons. The zero-order valence-electron chi connectivity index (χ0n) is 13.8. The van der Waals surface area contributed by atoms with E-state index in [1.807, 2.05) is 0 Å². The quantitative estimate of drug-likeness (QED) is 0.859. The van der Waals surface area contributed by atoms with Gasteiger partial charge in [-0.15, -0.1) is 0 Å². The summed E-state index contributed by atoms with van der Waals surface area (Å²) in [6.45, 7) is -2.06. The average molecular weight is 379 g/mol. The van der Waals surface area contributed by atoms with Gasteiger partial charge in [-0.1, -0.05) is 24.3 Å². The van der Waals surface area contributed by atoms with Crippen LogP contribution in [0, 0.1) is 0 Å². The van der Waals surface area contributed by atoms with E-state index in [-0.39, 0.29) is 11.3 Å². The van der Waals surface area contributed by atoms with Crippen LogP contribution in [0.3, 0.4) is 0 Å². The summed E-state index contributed by atoms with van der Waals surface area (Å²) in [6.07, 6.45) is -5.61. The summed E-state index contributed by atoms with van der Waals surface area (Å²) in [7, 11) is 0. The van der Waals surface area contributed by atoms with Gasteiger partial charge < -0.3 is 24.9 Å². The number of benzene rings is 2. The van der Waals surface area contributed by atoms with Gasteiger partial charge in [0.05, 0.1) is 11.5 Å². The Bertz CT molecular complexity index is 852. The van der Waals surface area contributed by atoms with Crippen LogP contribution >= 0.6 is 0 Å². The molecule has 2 aromatic carbocycles. The van der Waals surface area contributed by atoms with E-state index < -0.39 is 37.4 Å². The topological polar surface area (TPSA) is 81.7 Å². The molecule has 0 aliphatic carbocycles. The molecule has 1 heterocycles. The van der Waals surface area contributed by atoms with Crippen LogP contribution in [0.1, 0.15) is 22.1 Å². The molecular formula is C18H14F3N2O4-. The van der Waals surface area contributed by atoms with E-state index in [0.717, 1.165) is 0 Å². The lowest BCUT2D eigenvalue weighted by Gasteiger charge is -2.38. The van der Waals surface area contributed by atoms with E-state index in [9.17, 15) is 27.9 Å². The Kier molecular flexibility index (Phi) is 4.93. The zero-order chi connectivity index (χ0) is 19.6. The summed E-state index contributed by atoms with van der Waals surface area (Å²) in [5.74, 6) is -1.91. The van der Waals surface area contributed by atoms with Crippen LogP contribution < -0.4 is 15.2 Å². The van der Waals surface area contributed by atoms with Crippen molar-refractivity contribution in [2.45, 2.75) is 12.3 Å². The molecule has 27 heavy (non-hydrogen) atoms. The van der Waals surface area contributed by atoms with Gasteiger partial charge in [-0.3, -0.25) is 4.79 Å². The Morgan fingerprint density at radius 2 is 1.81 bits per heavy atom. The minimum absolute atomic E-state index is 0.159. The standard InChI is InChI=1S/C18H15F3N2O4/c19-18(20,21)10-23-16(22-14-4-2-1-3-13(14)17(23)26)11-5-7-12(8-6-11)27-9-15(24)25/h1-8,16,22H,9-10H2,(H,24,25)/p-1/t16-/m0/s1. The number of aliphatic carboxylic acids is 1. The molecular weight excluding hydrogens is 365 g/mol. The van der Waals surface area contributed by atoms with Crippen molar-refractivity contribution in [1.29, 1.82) is 0 Å². The molecule has 142 valence electrons. The molecule has 1 atom stereocenters. The van der Waals surface area contributed by atoms with E-state index in [4.69, 9.17) is 4.74 Å². The van der Waals surface area contributed by atoms with Crippen LogP contribution in [0.4, 0.5) is 18.9 Å². The fraction of sp³-hybridized carbons (Fsp3) is 0.222. The lowest BCUT2D eigenvalue weighted by Crippen LogP contribution is -2.47. The highest BCUT2D eigenvalue weighted by Crippen LogP contribution is 2.35. The minimum Gasteiger partial charge on any atom is -0.546 e. The molecule has 1 aliphatic rings. The first-order valence-corrected chi connectivity index (χ1v) is 7.90. The Hall–Kier alpha value is -3.23. The van der Waals surface area contributed by atoms with Crippen molar-refractivity contribution in [1.82, 2.24) is 4.90 Å². The first-order chi connectivity index (χ1) is 12.7.